The van der Waals surface area contributed by atoms with Gasteiger partial charge in [-0.3, -0.25) is 0 Å². The second kappa shape index (κ2) is 6.88. The molecule has 0 radical (unpaired) electrons. The summed E-state index contributed by atoms with van der Waals surface area (Å²) in [5.41, 5.74) is 5.37. The molecule has 1 aliphatic rings. The third kappa shape index (κ3) is 4.51. The van der Waals surface area contributed by atoms with Gasteiger partial charge in [-0.2, -0.15) is 5.26 Å². The van der Waals surface area contributed by atoms with Crippen molar-refractivity contribution < 1.29 is 0 Å². The van der Waals surface area contributed by atoms with Crippen molar-refractivity contribution >= 4 is 0 Å². The fraction of sp³-hybridized carbons (Fsp3) is 0.923. The van der Waals surface area contributed by atoms with Crippen LogP contribution in [0.3, 0.4) is 0 Å². The lowest BCUT2D eigenvalue weighted by atomic mass is 9.93. The van der Waals surface area contributed by atoms with E-state index >= 15 is 0 Å². The van der Waals surface area contributed by atoms with Crippen LogP contribution < -0.4 is 5.73 Å². The summed E-state index contributed by atoms with van der Waals surface area (Å²) < 4.78 is 0. The molecule has 0 saturated carbocycles. The van der Waals surface area contributed by atoms with Crippen molar-refractivity contribution in [1.29, 1.82) is 5.26 Å². The highest BCUT2D eigenvalue weighted by molar-refractivity contribution is 5.03. The van der Waals surface area contributed by atoms with Crippen molar-refractivity contribution in [2.24, 2.45) is 5.73 Å². The predicted octanol–water partition coefficient (Wildman–Crippen LogP) is 2.27. The minimum Gasteiger partial charge on any atom is -0.313 e. The van der Waals surface area contributed by atoms with Crippen molar-refractivity contribution in [3.8, 4) is 6.07 Å². The highest BCUT2D eigenvalue weighted by atomic mass is 15.1. The highest BCUT2D eigenvalue weighted by Gasteiger charge is 2.21. The Balaban J connectivity index is 2.21. The van der Waals surface area contributed by atoms with E-state index in [1.165, 1.54) is 38.8 Å². The van der Waals surface area contributed by atoms with E-state index in [4.69, 9.17) is 11.0 Å². The Hall–Kier alpha value is -0.590. The molecule has 1 rings (SSSR count). The second-order valence-electron chi connectivity index (χ2n) is 4.98. The van der Waals surface area contributed by atoms with Crippen LogP contribution in [0.25, 0.3) is 0 Å². The molecule has 0 aromatic carbocycles. The van der Waals surface area contributed by atoms with Gasteiger partial charge in [0.2, 0.25) is 0 Å². The molecule has 0 aliphatic carbocycles. The van der Waals surface area contributed by atoms with Gasteiger partial charge in [-0.1, -0.05) is 19.8 Å². The normalized spacial score (nSPS) is 22.1. The van der Waals surface area contributed by atoms with Crippen LogP contribution in [0, 0.1) is 11.3 Å². The predicted molar refractivity (Wildman–Crippen MR) is 67.0 cm³/mol. The van der Waals surface area contributed by atoms with Crippen LogP contribution in [-0.4, -0.2) is 30.1 Å². The molecular weight excluding hydrogens is 198 g/mol. The molecule has 0 spiro atoms. The topological polar surface area (TPSA) is 53.1 Å². The Morgan fingerprint density at radius 2 is 1.88 bits per heavy atom. The Labute approximate surface area is 99.6 Å². The maximum absolute atomic E-state index is 8.98. The van der Waals surface area contributed by atoms with Crippen LogP contribution in [0.1, 0.15) is 51.9 Å². The van der Waals surface area contributed by atoms with Gasteiger partial charge < -0.3 is 10.6 Å². The number of nitrogens with two attached hydrogens (primary N) is 1. The van der Waals surface area contributed by atoms with E-state index in [2.05, 4.69) is 11.0 Å². The van der Waals surface area contributed by atoms with Crippen LogP contribution >= 0.6 is 0 Å². The van der Waals surface area contributed by atoms with Crippen molar-refractivity contribution in [2.45, 2.75) is 57.4 Å². The van der Waals surface area contributed by atoms with Crippen LogP contribution in [0.5, 0.6) is 0 Å². The van der Waals surface area contributed by atoms with E-state index in [0.29, 0.717) is 0 Å². The molecule has 2 N–H and O–H groups in total. The summed E-state index contributed by atoms with van der Waals surface area (Å²) in [4.78, 5) is 2.53. The summed E-state index contributed by atoms with van der Waals surface area (Å²) in [6.45, 7) is 5.57. The second-order valence-corrected chi connectivity index (χ2v) is 4.98. The van der Waals surface area contributed by atoms with E-state index < -0.39 is 5.54 Å². The maximum atomic E-state index is 8.98. The van der Waals surface area contributed by atoms with E-state index in [1.807, 2.05) is 6.92 Å². The molecule has 1 unspecified atom stereocenters. The molecule has 0 bridgehead atoms. The van der Waals surface area contributed by atoms with Gasteiger partial charge in [0, 0.05) is 0 Å². The smallest absolute Gasteiger partial charge is 0.104 e. The SMILES string of the molecule is CCC(N)(C#N)CCCN1CCCCCC1. The lowest BCUT2D eigenvalue weighted by Gasteiger charge is -2.23. The fourth-order valence-electron chi connectivity index (χ4n) is 2.29. The Bertz CT molecular complexity index is 226. The largest absolute Gasteiger partial charge is 0.313 e. The fourth-order valence-corrected chi connectivity index (χ4v) is 2.29. The number of nitriles is 1. The van der Waals surface area contributed by atoms with Crippen molar-refractivity contribution in [3.05, 3.63) is 0 Å². The first-order chi connectivity index (χ1) is 7.70. The zero-order valence-electron chi connectivity index (χ0n) is 10.5. The van der Waals surface area contributed by atoms with Gasteiger partial charge >= 0.3 is 0 Å². The number of likely N-dealkylation sites (tertiary alicyclic amines) is 1. The van der Waals surface area contributed by atoms with Gasteiger partial charge in [0.05, 0.1) is 6.07 Å². The summed E-state index contributed by atoms with van der Waals surface area (Å²) >= 11 is 0. The van der Waals surface area contributed by atoms with Gasteiger partial charge in [-0.05, 0) is 51.7 Å². The van der Waals surface area contributed by atoms with E-state index in [1.54, 1.807) is 0 Å². The summed E-state index contributed by atoms with van der Waals surface area (Å²) in [5, 5.41) is 8.98. The van der Waals surface area contributed by atoms with Gasteiger partial charge in [-0.25, -0.2) is 0 Å². The maximum Gasteiger partial charge on any atom is 0.104 e. The van der Waals surface area contributed by atoms with E-state index in [9.17, 15) is 0 Å². The molecular formula is C13H25N3. The molecule has 0 aromatic rings. The van der Waals surface area contributed by atoms with Crippen molar-refractivity contribution in [2.75, 3.05) is 19.6 Å². The number of hydrogen-bond acceptors (Lipinski definition) is 3. The first-order valence-electron chi connectivity index (χ1n) is 6.63. The van der Waals surface area contributed by atoms with Crippen molar-refractivity contribution in [1.82, 2.24) is 4.90 Å². The minimum absolute atomic E-state index is 0.591. The molecule has 1 aliphatic heterocycles. The van der Waals surface area contributed by atoms with Crippen molar-refractivity contribution in [3.63, 3.8) is 0 Å². The van der Waals surface area contributed by atoms with Gasteiger partial charge in [0.1, 0.15) is 5.54 Å². The average Bonchev–Trinajstić information content (AvgIpc) is 2.57. The third-order valence-corrected chi connectivity index (χ3v) is 3.65. The lowest BCUT2D eigenvalue weighted by molar-refractivity contribution is 0.270. The molecule has 3 heteroatoms. The number of rotatable bonds is 5. The number of hydrogen-bond donors (Lipinski definition) is 1. The van der Waals surface area contributed by atoms with Crippen LogP contribution in [0.4, 0.5) is 0 Å². The molecule has 92 valence electrons. The van der Waals surface area contributed by atoms with E-state index in [0.717, 1.165) is 25.8 Å². The molecule has 16 heavy (non-hydrogen) atoms. The quantitative estimate of drug-likeness (QED) is 0.778. The minimum atomic E-state index is -0.591. The highest BCUT2D eigenvalue weighted by Crippen LogP contribution is 2.15. The molecule has 1 saturated heterocycles. The zero-order chi connectivity index (χ0) is 11.9. The van der Waals surface area contributed by atoms with Gasteiger partial charge in [-0.15, -0.1) is 0 Å². The number of nitrogens with zero attached hydrogens (tertiary/aromatic N) is 2. The molecule has 1 heterocycles. The third-order valence-electron chi connectivity index (χ3n) is 3.65. The standard InChI is InChI=1S/C13H25N3/c1-2-13(15,12-14)8-7-11-16-9-5-3-4-6-10-16/h2-11,15H2,1H3. The van der Waals surface area contributed by atoms with Gasteiger partial charge in [0.25, 0.3) is 0 Å². The average molecular weight is 223 g/mol. The van der Waals surface area contributed by atoms with Gasteiger partial charge in [0.15, 0.2) is 0 Å². The monoisotopic (exact) mass is 223 g/mol. The first kappa shape index (κ1) is 13.5. The lowest BCUT2D eigenvalue weighted by Crippen LogP contribution is -2.38. The van der Waals surface area contributed by atoms with E-state index in [-0.39, 0.29) is 0 Å². The summed E-state index contributed by atoms with van der Waals surface area (Å²) in [7, 11) is 0. The first-order valence-corrected chi connectivity index (χ1v) is 6.63. The molecule has 1 fully saturated rings. The summed E-state index contributed by atoms with van der Waals surface area (Å²) in [6.07, 6.45) is 8.06. The summed E-state index contributed by atoms with van der Waals surface area (Å²) in [5.74, 6) is 0. The Morgan fingerprint density at radius 1 is 1.25 bits per heavy atom. The molecule has 0 amide bonds. The molecule has 3 nitrogen and oxygen atoms in total. The van der Waals surface area contributed by atoms with Crippen LogP contribution in [0.2, 0.25) is 0 Å². The van der Waals surface area contributed by atoms with Crippen LogP contribution in [0.15, 0.2) is 0 Å². The summed E-state index contributed by atoms with van der Waals surface area (Å²) in [6, 6.07) is 2.24. The Morgan fingerprint density at radius 3 is 2.38 bits per heavy atom. The Kier molecular flexibility index (Phi) is 5.79. The zero-order valence-corrected chi connectivity index (χ0v) is 10.5. The molecule has 1 atom stereocenters. The van der Waals surface area contributed by atoms with Crippen LogP contribution in [-0.2, 0) is 0 Å². The molecule has 0 aromatic heterocycles.